The fourth-order valence-electron chi connectivity index (χ4n) is 4.64. The third-order valence-corrected chi connectivity index (χ3v) is 7.49. The van der Waals surface area contributed by atoms with E-state index < -0.39 is 62.2 Å². The summed E-state index contributed by atoms with van der Waals surface area (Å²) in [5, 5.41) is 37.0. The van der Waals surface area contributed by atoms with Gasteiger partial charge in [-0.25, -0.2) is 0 Å². The van der Waals surface area contributed by atoms with Gasteiger partial charge in [-0.15, -0.1) is 0 Å². The molecule has 4 N–H and O–H groups in total. The Balaban J connectivity index is 1.73. The smallest absolute Gasteiger partial charge is 0.460 e. The highest BCUT2D eigenvalue weighted by Gasteiger charge is 2.81. The third kappa shape index (κ3) is 10.2. The van der Waals surface area contributed by atoms with Gasteiger partial charge in [0.15, 0.2) is 0 Å². The van der Waals surface area contributed by atoms with E-state index in [1.807, 2.05) is 0 Å². The maximum atomic E-state index is 13.9. The van der Waals surface area contributed by atoms with E-state index in [0.29, 0.717) is 39.5 Å². The fourth-order valence-corrected chi connectivity index (χ4v) is 4.64. The Morgan fingerprint density at radius 1 is 0.540 bits per heavy atom. The van der Waals surface area contributed by atoms with Crippen LogP contribution in [-0.4, -0.2) is 89.6 Å². The van der Waals surface area contributed by atoms with Gasteiger partial charge in [0.2, 0.25) is 0 Å². The summed E-state index contributed by atoms with van der Waals surface area (Å²) in [6.45, 7) is -1.25. The maximum Gasteiger partial charge on any atom is 0.460 e. The van der Waals surface area contributed by atoms with Crippen LogP contribution in [0.4, 0.5) is 39.5 Å². The molecule has 0 aliphatic carbocycles. The summed E-state index contributed by atoms with van der Waals surface area (Å²) < 4.78 is 135. The molecule has 2 unspecified atom stereocenters. The summed E-state index contributed by atoms with van der Waals surface area (Å²) >= 11 is 0. The molecule has 0 aromatic heterocycles. The normalized spacial score (nSPS) is 13.9. The molecule has 0 radical (unpaired) electrons. The van der Waals surface area contributed by atoms with E-state index in [-0.39, 0.29) is 39.1 Å². The van der Waals surface area contributed by atoms with Gasteiger partial charge in [0.25, 0.3) is 0 Å². The summed E-state index contributed by atoms with van der Waals surface area (Å²) in [6.07, 6.45) is -11.5. The molecule has 3 rings (SSSR count). The van der Waals surface area contributed by atoms with Crippen molar-refractivity contribution < 1.29 is 74.2 Å². The zero-order chi connectivity index (χ0) is 37.2. The van der Waals surface area contributed by atoms with Crippen LogP contribution in [0.3, 0.4) is 0 Å². The van der Waals surface area contributed by atoms with Crippen LogP contribution in [0.2, 0.25) is 0 Å². The van der Waals surface area contributed by atoms with Gasteiger partial charge < -0.3 is 34.6 Å². The van der Waals surface area contributed by atoms with Crippen molar-refractivity contribution in [3.05, 3.63) is 66.7 Å². The Morgan fingerprint density at radius 2 is 0.980 bits per heavy atom. The average molecular weight is 729 g/mol. The molecule has 0 saturated heterocycles. The summed E-state index contributed by atoms with van der Waals surface area (Å²) in [5.41, 5.74) is 2.58. The zero-order valence-corrected chi connectivity index (χ0v) is 26.5. The molecule has 0 heterocycles. The van der Waals surface area contributed by atoms with E-state index in [4.69, 9.17) is 24.4 Å². The number of hydrogen-bond donors (Lipinski definition) is 4. The Morgan fingerprint density at radius 3 is 1.40 bits per heavy atom. The number of aliphatic hydroxyl groups is 4. The first kappa shape index (κ1) is 40.7. The number of hydrogen-bond acceptors (Lipinski definition) is 7. The summed E-state index contributed by atoms with van der Waals surface area (Å²) in [5.74, 6) is -17.9. The molecular formula is C34H37F9O7. The molecular weight excluding hydrogens is 691 g/mol. The van der Waals surface area contributed by atoms with E-state index in [1.165, 1.54) is 0 Å². The number of rotatable bonds is 20. The van der Waals surface area contributed by atoms with Crippen LogP contribution in [0.5, 0.6) is 17.2 Å². The second kappa shape index (κ2) is 17.5. The second-order valence-electron chi connectivity index (χ2n) is 11.4. The van der Waals surface area contributed by atoms with E-state index >= 15 is 0 Å². The van der Waals surface area contributed by atoms with Crippen LogP contribution in [-0.2, 0) is 0 Å². The molecule has 0 saturated carbocycles. The quantitative estimate of drug-likeness (QED) is 0.0716. The predicted molar refractivity (Wildman–Crippen MR) is 164 cm³/mol. The molecule has 16 heteroatoms. The molecule has 278 valence electrons. The highest BCUT2D eigenvalue weighted by Crippen LogP contribution is 2.54. The first-order valence-corrected chi connectivity index (χ1v) is 15.5. The van der Waals surface area contributed by atoms with Gasteiger partial charge in [0.1, 0.15) is 42.7 Å². The molecule has 0 amide bonds. The van der Waals surface area contributed by atoms with Crippen LogP contribution < -0.4 is 14.2 Å². The van der Waals surface area contributed by atoms with Gasteiger partial charge in [0, 0.05) is 17.5 Å². The molecule has 3 aromatic carbocycles. The lowest BCUT2D eigenvalue weighted by molar-refractivity contribution is -0.396. The topological polar surface area (TPSA) is 109 Å². The van der Waals surface area contributed by atoms with Crippen molar-refractivity contribution in [3.63, 3.8) is 0 Å². The lowest BCUT2D eigenvalue weighted by atomic mass is 9.97. The number of para-hydroxylation sites is 1. The number of unbranched alkanes of at least 4 members (excludes halogenated alkanes) is 3. The minimum absolute atomic E-state index is 0.0107. The van der Waals surface area contributed by atoms with Crippen molar-refractivity contribution >= 4 is 0 Å². The van der Waals surface area contributed by atoms with Gasteiger partial charge in [-0.1, -0.05) is 55.3 Å². The molecule has 0 aliphatic heterocycles. The van der Waals surface area contributed by atoms with Crippen molar-refractivity contribution in [3.8, 4) is 39.5 Å². The monoisotopic (exact) mass is 728 g/mol. The molecule has 0 aliphatic rings. The van der Waals surface area contributed by atoms with Gasteiger partial charge in [-0.2, -0.15) is 39.5 Å². The number of aliphatic hydroxyl groups excluding tert-OH is 4. The van der Waals surface area contributed by atoms with Gasteiger partial charge in [-0.3, -0.25) is 0 Å². The van der Waals surface area contributed by atoms with Crippen LogP contribution >= 0.6 is 0 Å². The van der Waals surface area contributed by atoms with Gasteiger partial charge >= 0.3 is 23.9 Å². The Bertz CT molecular complexity index is 1390. The van der Waals surface area contributed by atoms with Crippen LogP contribution in [0.1, 0.15) is 32.1 Å². The van der Waals surface area contributed by atoms with E-state index in [0.717, 1.165) is 0 Å². The third-order valence-electron chi connectivity index (χ3n) is 7.49. The van der Waals surface area contributed by atoms with E-state index in [9.17, 15) is 49.7 Å². The number of halogens is 9. The highest BCUT2D eigenvalue weighted by molar-refractivity contribution is 5.82. The Hall–Kier alpha value is -3.73. The minimum Gasteiger partial charge on any atom is -0.492 e. The molecule has 3 aromatic rings. The van der Waals surface area contributed by atoms with Gasteiger partial charge in [0.05, 0.1) is 19.8 Å². The van der Waals surface area contributed by atoms with Crippen molar-refractivity contribution in [2.24, 2.45) is 0 Å². The molecule has 0 spiro atoms. The number of benzene rings is 3. The Labute approximate surface area is 281 Å². The maximum absolute atomic E-state index is 13.9. The Kier molecular flexibility index (Phi) is 14.2. The van der Waals surface area contributed by atoms with Gasteiger partial charge in [-0.05, 0) is 48.2 Å². The van der Waals surface area contributed by atoms with E-state index in [1.54, 1.807) is 66.7 Å². The van der Waals surface area contributed by atoms with Crippen LogP contribution in [0, 0.1) is 0 Å². The standard InChI is InChI=1S/C34H37F9O7/c35-31(36,32(37,38)33(39,40)34(41,42)43)16-3-1-2-4-17-48-30-28(22-8-12-26(13-9-22)49-20-24(46)18-44)6-5-7-29(30)23-10-14-27(15-11-23)50-21-25(47)19-45/h5-15,24-25,44-47H,1-4,16-21H2. The molecule has 0 bridgehead atoms. The van der Waals surface area contributed by atoms with Crippen molar-refractivity contribution in [2.45, 2.75) is 68.3 Å². The minimum atomic E-state index is -6.91. The highest BCUT2D eigenvalue weighted by atomic mass is 19.4. The zero-order valence-electron chi connectivity index (χ0n) is 26.5. The summed E-state index contributed by atoms with van der Waals surface area (Å²) in [6, 6.07) is 18.7. The molecule has 2 atom stereocenters. The molecule has 50 heavy (non-hydrogen) atoms. The molecule has 7 nitrogen and oxygen atoms in total. The first-order valence-electron chi connectivity index (χ1n) is 15.5. The first-order chi connectivity index (χ1) is 23.4. The second-order valence-corrected chi connectivity index (χ2v) is 11.4. The summed E-state index contributed by atoms with van der Waals surface area (Å²) in [4.78, 5) is 0. The summed E-state index contributed by atoms with van der Waals surface area (Å²) in [7, 11) is 0. The van der Waals surface area contributed by atoms with E-state index in [2.05, 4.69) is 0 Å². The lowest BCUT2D eigenvalue weighted by Gasteiger charge is -2.33. The van der Waals surface area contributed by atoms with Crippen molar-refractivity contribution in [2.75, 3.05) is 33.0 Å². The lowest BCUT2D eigenvalue weighted by Crippen LogP contribution is -2.60. The average Bonchev–Trinajstić information content (AvgIpc) is 3.08. The predicted octanol–water partition coefficient (Wildman–Crippen LogP) is 7.28. The van der Waals surface area contributed by atoms with Crippen molar-refractivity contribution in [1.82, 2.24) is 0 Å². The number of alkyl halides is 9. The van der Waals surface area contributed by atoms with Crippen molar-refractivity contribution in [1.29, 1.82) is 0 Å². The van der Waals surface area contributed by atoms with Crippen LogP contribution in [0.15, 0.2) is 66.7 Å². The largest absolute Gasteiger partial charge is 0.492 e. The fraction of sp³-hybridized carbons (Fsp3) is 0.471. The SMILES string of the molecule is OCC(O)COc1ccc(-c2cccc(-c3ccc(OCC(O)CO)cc3)c2OCCCCCCC(F)(F)C(F)(F)C(F)(F)C(F)(F)F)cc1. The number of ether oxygens (including phenoxy) is 3. The molecule has 0 fully saturated rings. The van der Waals surface area contributed by atoms with Crippen LogP contribution in [0.25, 0.3) is 22.3 Å².